The third-order valence-corrected chi connectivity index (χ3v) is 4.23. The third kappa shape index (κ3) is 4.24. The summed E-state index contributed by atoms with van der Waals surface area (Å²) in [5.41, 5.74) is 5.71. The summed E-state index contributed by atoms with van der Waals surface area (Å²) in [5, 5.41) is 0. The number of piperazine rings is 1. The smallest absolute Gasteiger partial charge is 0.218 e. The number of nitrogens with two attached hydrogens (primary N) is 1. The van der Waals surface area contributed by atoms with Crippen molar-refractivity contribution >= 4 is 5.91 Å². The van der Waals surface area contributed by atoms with Gasteiger partial charge in [0, 0.05) is 56.8 Å². The van der Waals surface area contributed by atoms with Crippen molar-refractivity contribution in [1.82, 2.24) is 9.80 Å². The van der Waals surface area contributed by atoms with Crippen molar-refractivity contribution in [2.75, 3.05) is 32.7 Å². The van der Waals surface area contributed by atoms with Crippen LogP contribution in [0.4, 0.5) is 8.78 Å². The van der Waals surface area contributed by atoms with Crippen LogP contribution in [0.25, 0.3) is 0 Å². The molecular weight excluding hydrogens is 288 g/mol. The van der Waals surface area contributed by atoms with E-state index in [9.17, 15) is 13.6 Å². The Hall–Kier alpha value is -1.53. The zero-order chi connectivity index (χ0) is 16.1. The lowest BCUT2D eigenvalue weighted by atomic mass is 10.0. The summed E-state index contributed by atoms with van der Waals surface area (Å²) in [6.45, 7) is 5.93. The van der Waals surface area contributed by atoms with E-state index in [1.807, 2.05) is 6.92 Å². The fourth-order valence-corrected chi connectivity index (χ4v) is 3.01. The molecule has 0 unspecified atom stereocenters. The number of hydrogen-bond donors (Lipinski definition) is 1. The Morgan fingerprint density at radius 1 is 1.27 bits per heavy atom. The van der Waals surface area contributed by atoms with Gasteiger partial charge in [-0.05, 0) is 12.5 Å². The average molecular weight is 311 g/mol. The van der Waals surface area contributed by atoms with Gasteiger partial charge >= 0.3 is 0 Å². The lowest BCUT2D eigenvalue weighted by molar-refractivity contribution is -0.118. The molecule has 1 aromatic carbocycles. The standard InChI is InChI=1S/C16H23F2N3O/c1-2-15(13-4-3-12(17)11-14(13)18)21-9-7-20(8-10-21)6-5-16(19)22/h3-4,11,15H,2,5-10H2,1H3,(H2,19,22)/t15-/m0/s1. The van der Waals surface area contributed by atoms with Crippen LogP contribution in [0.5, 0.6) is 0 Å². The Kier molecular flexibility index (Phi) is 5.85. The highest BCUT2D eigenvalue weighted by Gasteiger charge is 2.25. The van der Waals surface area contributed by atoms with Gasteiger partial charge in [0.2, 0.25) is 5.91 Å². The summed E-state index contributed by atoms with van der Waals surface area (Å²) in [4.78, 5) is 15.2. The van der Waals surface area contributed by atoms with Gasteiger partial charge in [0.05, 0.1) is 0 Å². The van der Waals surface area contributed by atoms with Gasteiger partial charge in [-0.1, -0.05) is 13.0 Å². The van der Waals surface area contributed by atoms with Gasteiger partial charge in [0.25, 0.3) is 0 Å². The zero-order valence-corrected chi connectivity index (χ0v) is 12.9. The first kappa shape index (κ1) is 16.8. The summed E-state index contributed by atoms with van der Waals surface area (Å²) in [6, 6.07) is 3.75. The first-order valence-corrected chi connectivity index (χ1v) is 7.71. The number of benzene rings is 1. The van der Waals surface area contributed by atoms with E-state index in [0.717, 1.165) is 38.7 Å². The van der Waals surface area contributed by atoms with Gasteiger partial charge in [-0.15, -0.1) is 0 Å². The molecule has 0 radical (unpaired) electrons. The molecule has 1 atom stereocenters. The van der Waals surface area contributed by atoms with Crippen LogP contribution in [0.3, 0.4) is 0 Å². The lowest BCUT2D eigenvalue weighted by Gasteiger charge is -2.39. The molecule has 1 aromatic rings. The minimum Gasteiger partial charge on any atom is -0.370 e. The SMILES string of the molecule is CC[C@@H](c1ccc(F)cc1F)N1CCN(CCC(N)=O)CC1. The fraction of sp³-hybridized carbons (Fsp3) is 0.562. The van der Waals surface area contributed by atoms with Crippen LogP contribution in [0.2, 0.25) is 0 Å². The molecule has 1 saturated heterocycles. The largest absolute Gasteiger partial charge is 0.370 e. The number of carbonyl (C=O) groups excluding carboxylic acids is 1. The van der Waals surface area contributed by atoms with Crippen LogP contribution < -0.4 is 5.73 Å². The van der Waals surface area contributed by atoms with Crippen molar-refractivity contribution in [3.05, 3.63) is 35.4 Å². The number of carbonyl (C=O) groups is 1. The van der Waals surface area contributed by atoms with Crippen molar-refractivity contribution in [2.24, 2.45) is 5.73 Å². The molecule has 2 rings (SSSR count). The summed E-state index contributed by atoms with van der Waals surface area (Å²) in [6.07, 6.45) is 1.13. The Morgan fingerprint density at radius 2 is 1.95 bits per heavy atom. The van der Waals surface area contributed by atoms with Gasteiger partial charge < -0.3 is 10.6 Å². The molecule has 0 aliphatic carbocycles. The van der Waals surface area contributed by atoms with E-state index in [2.05, 4.69) is 9.80 Å². The molecule has 22 heavy (non-hydrogen) atoms. The first-order chi connectivity index (χ1) is 10.5. The Bertz CT molecular complexity index is 516. The lowest BCUT2D eigenvalue weighted by Crippen LogP contribution is -2.48. The number of amides is 1. The van der Waals surface area contributed by atoms with Gasteiger partial charge in [0.1, 0.15) is 11.6 Å². The van der Waals surface area contributed by atoms with E-state index >= 15 is 0 Å². The second-order valence-corrected chi connectivity index (χ2v) is 5.68. The quantitative estimate of drug-likeness (QED) is 0.873. The van der Waals surface area contributed by atoms with E-state index in [-0.39, 0.29) is 11.9 Å². The monoisotopic (exact) mass is 311 g/mol. The molecular formula is C16H23F2N3O. The molecule has 1 fully saturated rings. The molecule has 6 heteroatoms. The van der Waals surface area contributed by atoms with Gasteiger partial charge in [0.15, 0.2) is 0 Å². The summed E-state index contributed by atoms with van der Waals surface area (Å²) >= 11 is 0. The molecule has 1 heterocycles. The topological polar surface area (TPSA) is 49.6 Å². The Labute approximate surface area is 129 Å². The molecule has 1 aliphatic heterocycles. The number of nitrogens with zero attached hydrogens (tertiary/aromatic N) is 2. The van der Waals surface area contributed by atoms with Gasteiger partial charge in [-0.3, -0.25) is 9.69 Å². The highest BCUT2D eigenvalue weighted by Crippen LogP contribution is 2.27. The maximum absolute atomic E-state index is 14.0. The number of primary amides is 1. The Morgan fingerprint density at radius 3 is 2.50 bits per heavy atom. The number of rotatable bonds is 6. The second-order valence-electron chi connectivity index (χ2n) is 5.68. The summed E-state index contributed by atoms with van der Waals surface area (Å²) in [5.74, 6) is -1.32. The minimum absolute atomic E-state index is 0.0427. The van der Waals surface area contributed by atoms with E-state index in [1.54, 1.807) is 0 Å². The average Bonchev–Trinajstić information content (AvgIpc) is 2.49. The van der Waals surface area contributed by atoms with Gasteiger partial charge in [-0.25, -0.2) is 8.78 Å². The molecule has 122 valence electrons. The van der Waals surface area contributed by atoms with Crippen LogP contribution in [0.1, 0.15) is 31.4 Å². The van der Waals surface area contributed by atoms with E-state index in [0.29, 0.717) is 18.5 Å². The highest BCUT2D eigenvalue weighted by molar-refractivity contribution is 5.73. The minimum atomic E-state index is -0.549. The van der Waals surface area contributed by atoms with Crippen molar-refractivity contribution in [2.45, 2.75) is 25.8 Å². The maximum Gasteiger partial charge on any atom is 0.218 e. The predicted molar refractivity (Wildman–Crippen MR) is 81.2 cm³/mol. The molecule has 0 saturated carbocycles. The third-order valence-electron chi connectivity index (χ3n) is 4.23. The highest BCUT2D eigenvalue weighted by atomic mass is 19.1. The molecule has 2 N–H and O–H groups in total. The molecule has 0 aromatic heterocycles. The molecule has 1 aliphatic rings. The van der Waals surface area contributed by atoms with Crippen LogP contribution in [-0.4, -0.2) is 48.4 Å². The van der Waals surface area contributed by atoms with Crippen molar-refractivity contribution in [3.8, 4) is 0 Å². The van der Waals surface area contributed by atoms with Crippen LogP contribution in [0, 0.1) is 11.6 Å². The molecule has 4 nitrogen and oxygen atoms in total. The predicted octanol–water partition coefficient (Wildman–Crippen LogP) is 1.91. The van der Waals surface area contributed by atoms with Crippen molar-refractivity contribution in [1.29, 1.82) is 0 Å². The number of hydrogen-bond acceptors (Lipinski definition) is 3. The van der Waals surface area contributed by atoms with Crippen molar-refractivity contribution in [3.63, 3.8) is 0 Å². The molecule has 0 bridgehead atoms. The van der Waals surface area contributed by atoms with Gasteiger partial charge in [-0.2, -0.15) is 0 Å². The van der Waals surface area contributed by atoms with Crippen molar-refractivity contribution < 1.29 is 13.6 Å². The Balaban J connectivity index is 1.97. The zero-order valence-electron chi connectivity index (χ0n) is 12.9. The summed E-state index contributed by atoms with van der Waals surface area (Å²) < 4.78 is 27.1. The maximum atomic E-state index is 14.0. The summed E-state index contributed by atoms with van der Waals surface area (Å²) in [7, 11) is 0. The van der Waals surface area contributed by atoms with Crippen LogP contribution >= 0.6 is 0 Å². The van der Waals surface area contributed by atoms with Crippen LogP contribution in [0.15, 0.2) is 18.2 Å². The van der Waals surface area contributed by atoms with E-state index in [4.69, 9.17) is 5.73 Å². The van der Waals surface area contributed by atoms with E-state index < -0.39 is 11.6 Å². The normalized spacial score (nSPS) is 18.3. The van der Waals surface area contributed by atoms with E-state index in [1.165, 1.54) is 12.1 Å². The second kappa shape index (κ2) is 7.65. The first-order valence-electron chi connectivity index (χ1n) is 7.71. The number of halogens is 2. The fourth-order valence-electron chi connectivity index (χ4n) is 3.01. The molecule has 1 amide bonds. The van der Waals surface area contributed by atoms with Crippen LogP contribution in [-0.2, 0) is 4.79 Å². The molecule has 0 spiro atoms.